The third-order valence-corrected chi connectivity index (χ3v) is 5.71. The van der Waals surface area contributed by atoms with Crippen LogP contribution < -0.4 is 5.46 Å². The van der Waals surface area contributed by atoms with Gasteiger partial charge in [0.05, 0.1) is 11.2 Å². The van der Waals surface area contributed by atoms with Crippen molar-refractivity contribution in [2.45, 2.75) is 57.8 Å². The Balaban J connectivity index is 1.89. The van der Waals surface area contributed by atoms with Gasteiger partial charge in [0.15, 0.2) is 0 Å². The highest BCUT2D eigenvalue weighted by Crippen LogP contribution is 2.36. The minimum Gasteiger partial charge on any atom is -0.399 e. The second kappa shape index (κ2) is 6.12. The van der Waals surface area contributed by atoms with Crippen LogP contribution in [0.5, 0.6) is 0 Å². The molecule has 0 unspecified atom stereocenters. The SMILES string of the molecule is Cc1ccc(C#C[C@]2(O)CCN(C)C2=O)cc1B1OC(C)(C)C(C)(C)O1. The summed E-state index contributed by atoms with van der Waals surface area (Å²) in [6.07, 6.45) is 0.325. The first-order valence-electron chi connectivity index (χ1n) is 8.92. The van der Waals surface area contributed by atoms with Crippen LogP contribution >= 0.6 is 0 Å². The van der Waals surface area contributed by atoms with E-state index in [1.165, 1.54) is 4.90 Å². The first-order chi connectivity index (χ1) is 12.0. The molecule has 2 aliphatic rings. The Morgan fingerprint density at radius 3 is 2.35 bits per heavy atom. The fourth-order valence-corrected chi connectivity index (χ4v) is 3.09. The van der Waals surface area contributed by atoms with E-state index in [1.54, 1.807) is 7.05 Å². The van der Waals surface area contributed by atoms with Crippen molar-refractivity contribution in [1.82, 2.24) is 4.90 Å². The summed E-state index contributed by atoms with van der Waals surface area (Å²) >= 11 is 0. The summed E-state index contributed by atoms with van der Waals surface area (Å²) in [6.45, 7) is 10.6. The largest absolute Gasteiger partial charge is 0.495 e. The molecule has 6 heteroatoms. The van der Waals surface area contributed by atoms with E-state index in [-0.39, 0.29) is 5.91 Å². The Kier molecular flexibility index (Phi) is 4.47. The molecule has 0 radical (unpaired) electrons. The van der Waals surface area contributed by atoms with Gasteiger partial charge in [-0.3, -0.25) is 4.79 Å². The highest BCUT2D eigenvalue weighted by molar-refractivity contribution is 6.62. The van der Waals surface area contributed by atoms with Crippen LogP contribution in [-0.2, 0) is 14.1 Å². The van der Waals surface area contributed by atoms with Crippen LogP contribution in [0.2, 0.25) is 0 Å². The molecular weight excluding hydrogens is 329 g/mol. The van der Waals surface area contributed by atoms with Crippen LogP contribution in [0.4, 0.5) is 0 Å². The van der Waals surface area contributed by atoms with Crippen LogP contribution in [0.25, 0.3) is 0 Å². The molecule has 3 rings (SSSR count). The number of aliphatic hydroxyl groups is 1. The predicted octanol–water partition coefficient (Wildman–Crippen LogP) is 1.24. The van der Waals surface area contributed by atoms with E-state index in [1.807, 2.05) is 52.8 Å². The van der Waals surface area contributed by atoms with Crippen molar-refractivity contribution in [3.05, 3.63) is 29.3 Å². The summed E-state index contributed by atoms with van der Waals surface area (Å²) < 4.78 is 12.3. The quantitative estimate of drug-likeness (QED) is 0.608. The molecule has 1 aromatic rings. The van der Waals surface area contributed by atoms with E-state index < -0.39 is 23.9 Å². The molecule has 26 heavy (non-hydrogen) atoms. The standard InChI is InChI=1S/C20H26BNO4/c1-14-7-8-15(9-10-20(24)11-12-22(6)17(20)23)13-16(14)21-25-18(2,3)19(4,5)26-21/h7-8,13,24H,11-12H2,1-6H3/t20-/m0/s1. The molecular formula is C20H26BNO4. The summed E-state index contributed by atoms with van der Waals surface area (Å²) in [5.74, 6) is 5.36. The maximum Gasteiger partial charge on any atom is 0.495 e. The molecule has 1 N–H and O–H groups in total. The number of benzene rings is 1. The van der Waals surface area contributed by atoms with Gasteiger partial charge < -0.3 is 19.3 Å². The van der Waals surface area contributed by atoms with Crippen LogP contribution in [0.15, 0.2) is 18.2 Å². The van der Waals surface area contributed by atoms with E-state index in [0.717, 1.165) is 16.6 Å². The molecule has 0 bridgehead atoms. The van der Waals surface area contributed by atoms with E-state index in [2.05, 4.69) is 11.8 Å². The van der Waals surface area contributed by atoms with Gasteiger partial charge in [0.25, 0.3) is 5.91 Å². The highest BCUT2D eigenvalue weighted by atomic mass is 16.7. The Hall–Kier alpha value is -1.81. The zero-order valence-electron chi connectivity index (χ0n) is 16.3. The Morgan fingerprint density at radius 1 is 1.19 bits per heavy atom. The minimum atomic E-state index is -1.59. The second-order valence-corrected chi connectivity index (χ2v) is 8.25. The minimum absolute atomic E-state index is 0.325. The second-order valence-electron chi connectivity index (χ2n) is 8.25. The maximum absolute atomic E-state index is 12.1. The smallest absolute Gasteiger partial charge is 0.399 e. The van der Waals surface area contributed by atoms with E-state index in [0.29, 0.717) is 13.0 Å². The Bertz CT molecular complexity index is 792. The zero-order valence-corrected chi connectivity index (χ0v) is 16.3. The lowest BCUT2D eigenvalue weighted by Gasteiger charge is -2.32. The van der Waals surface area contributed by atoms with Crippen LogP contribution in [0.3, 0.4) is 0 Å². The van der Waals surface area contributed by atoms with Crippen molar-refractivity contribution >= 4 is 18.5 Å². The lowest BCUT2D eigenvalue weighted by atomic mass is 9.75. The molecule has 0 aliphatic carbocycles. The van der Waals surface area contributed by atoms with Gasteiger partial charge in [0.2, 0.25) is 5.60 Å². The van der Waals surface area contributed by atoms with Gasteiger partial charge in [0, 0.05) is 25.6 Å². The number of amides is 1. The lowest BCUT2D eigenvalue weighted by molar-refractivity contribution is -0.137. The summed E-state index contributed by atoms with van der Waals surface area (Å²) in [7, 11) is 1.20. The number of hydrogen-bond donors (Lipinski definition) is 1. The molecule has 2 heterocycles. The fourth-order valence-electron chi connectivity index (χ4n) is 3.09. The van der Waals surface area contributed by atoms with Crippen molar-refractivity contribution in [2.75, 3.05) is 13.6 Å². The van der Waals surface area contributed by atoms with Gasteiger partial charge in [-0.25, -0.2) is 0 Å². The lowest BCUT2D eigenvalue weighted by Crippen LogP contribution is -2.41. The molecule has 0 aromatic heterocycles. The normalized spacial score (nSPS) is 26.8. The number of nitrogens with zero attached hydrogens (tertiary/aromatic N) is 1. The molecule has 5 nitrogen and oxygen atoms in total. The average molecular weight is 355 g/mol. The molecule has 0 spiro atoms. The Morgan fingerprint density at radius 2 is 1.81 bits per heavy atom. The van der Waals surface area contributed by atoms with E-state index >= 15 is 0 Å². The number of hydrogen-bond acceptors (Lipinski definition) is 4. The summed E-state index contributed by atoms with van der Waals surface area (Å²) in [4.78, 5) is 13.6. The number of rotatable bonds is 1. The van der Waals surface area contributed by atoms with Crippen molar-refractivity contribution in [1.29, 1.82) is 0 Å². The van der Waals surface area contributed by atoms with Crippen LogP contribution in [0, 0.1) is 18.8 Å². The first-order valence-corrected chi connectivity index (χ1v) is 8.92. The van der Waals surface area contributed by atoms with Gasteiger partial charge >= 0.3 is 7.12 Å². The topological polar surface area (TPSA) is 59.0 Å². The summed E-state index contributed by atoms with van der Waals surface area (Å²) in [5, 5.41) is 10.4. The maximum atomic E-state index is 12.1. The van der Waals surface area contributed by atoms with E-state index in [4.69, 9.17) is 9.31 Å². The molecule has 0 saturated carbocycles. The summed E-state index contributed by atoms with van der Waals surface area (Å²) in [5.41, 5.74) is 0.256. The van der Waals surface area contributed by atoms with Crippen molar-refractivity contribution in [3.63, 3.8) is 0 Å². The molecule has 2 aliphatic heterocycles. The van der Waals surface area contributed by atoms with Crippen LogP contribution in [0.1, 0.15) is 45.2 Å². The molecule has 2 fully saturated rings. The zero-order chi connectivity index (χ0) is 19.3. The van der Waals surface area contributed by atoms with Gasteiger partial charge in [-0.15, -0.1) is 0 Å². The molecule has 138 valence electrons. The number of likely N-dealkylation sites (N-methyl/N-ethyl adjacent to an activating group) is 1. The Labute approximate surface area is 155 Å². The first kappa shape index (κ1) is 19.0. The van der Waals surface area contributed by atoms with Crippen molar-refractivity contribution < 1.29 is 19.2 Å². The van der Waals surface area contributed by atoms with Crippen molar-refractivity contribution in [3.8, 4) is 11.8 Å². The third-order valence-electron chi connectivity index (χ3n) is 5.71. The molecule has 1 aromatic carbocycles. The number of likely N-dealkylation sites (tertiary alicyclic amines) is 1. The highest BCUT2D eigenvalue weighted by Gasteiger charge is 2.52. The molecule has 1 atom stereocenters. The van der Waals surface area contributed by atoms with Gasteiger partial charge in [-0.2, -0.15) is 0 Å². The van der Waals surface area contributed by atoms with Crippen molar-refractivity contribution in [2.24, 2.45) is 0 Å². The van der Waals surface area contributed by atoms with E-state index in [9.17, 15) is 9.90 Å². The van der Waals surface area contributed by atoms with Gasteiger partial charge in [-0.1, -0.05) is 23.5 Å². The molecule has 1 amide bonds. The number of carbonyl (C=O) groups excluding carboxylic acids is 1. The van der Waals surface area contributed by atoms with Gasteiger partial charge in [-0.05, 0) is 52.2 Å². The average Bonchev–Trinajstić information content (AvgIpc) is 2.93. The number of carbonyl (C=O) groups is 1. The predicted molar refractivity (Wildman–Crippen MR) is 101 cm³/mol. The summed E-state index contributed by atoms with van der Waals surface area (Å²) in [6, 6.07) is 5.75. The fraction of sp³-hybridized carbons (Fsp3) is 0.550. The number of aryl methyl sites for hydroxylation is 1. The van der Waals surface area contributed by atoms with Gasteiger partial charge in [0.1, 0.15) is 0 Å². The van der Waals surface area contributed by atoms with Crippen LogP contribution in [-0.4, -0.2) is 53.4 Å². The third kappa shape index (κ3) is 3.16. The monoisotopic (exact) mass is 355 g/mol. The molecule has 2 saturated heterocycles.